The van der Waals surface area contributed by atoms with Crippen LogP contribution in [-0.2, 0) is 0 Å². The monoisotopic (exact) mass is 168 g/mol. The molecule has 0 aromatic heterocycles. The van der Waals surface area contributed by atoms with E-state index < -0.39 is 0 Å². The standard InChI is InChI=1S/C12H24/c1-9-6-7-11(8-10(9)2)12(3,4)5/h9-11H,6-8H2,1-5H3. The van der Waals surface area contributed by atoms with E-state index in [0.717, 1.165) is 17.8 Å². The molecule has 72 valence electrons. The van der Waals surface area contributed by atoms with Crippen molar-refractivity contribution in [1.82, 2.24) is 0 Å². The summed E-state index contributed by atoms with van der Waals surface area (Å²) < 4.78 is 0. The van der Waals surface area contributed by atoms with Crippen molar-refractivity contribution in [3.63, 3.8) is 0 Å². The molecule has 1 rings (SSSR count). The number of hydrogen-bond acceptors (Lipinski definition) is 0. The van der Waals surface area contributed by atoms with Crippen molar-refractivity contribution < 1.29 is 0 Å². The molecule has 0 N–H and O–H groups in total. The van der Waals surface area contributed by atoms with Crippen molar-refractivity contribution in [3.05, 3.63) is 0 Å². The lowest BCUT2D eigenvalue weighted by molar-refractivity contribution is 0.114. The van der Waals surface area contributed by atoms with Crippen LogP contribution in [-0.4, -0.2) is 0 Å². The van der Waals surface area contributed by atoms with Gasteiger partial charge in [0.2, 0.25) is 0 Å². The van der Waals surface area contributed by atoms with E-state index in [2.05, 4.69) is 34.6 Å². The molecule has 0 nitrogen and oxygen atoms in total. The minimum atomic E-state index is 0.536. The molecule has 1 saturated carbocycles. The zero-order valence-electron chi connectivity index (χ0n) is 9.35. The summed E-state index contributed by atoms with van der Waals surface area (Å²) in [5.74, 6) is 2.87. The van der Waals surface area contributed by atoms with Crippen LogP contribution in [0.1, 0.15) is 53.9 Å². The Morgan fingerprint density at radius 2 is 1.50 bits per heavy atom. The third-order valence-corrected chi connectivity index (χ3v) is 3.82. The third kappa shape index (κ3) is 2.24. The molecule has 0 heterocycles. The van der Waals surface area contributed by atoms with Crippen molar-refractivity contribution in [2.75, 3.05) is 0 Å². The quantitative estimate of drug-likeness (QED) is 0.511. The summed E-state index contributed by atoms with van der Waals surface area (Å²) in [5.41, 5.74) is 0.536. The molecule has 0 saturated heterocycles. The molecule has 1 aliphatic carbocycles. The summed E-state index contributed by atoms with van der Waals surface area (Å²) in [4.78, 5) is 0. The van der Waals surface area contributed by atoms with Crippen LogP contribution in [0.5, 0.6) is 0 Å². The Hall–Kier alpha value is 0. The Labute approximate surface area is 77.7 Å². The molecule has 3 unspecified atom stereocenters. The van der Waals surface area contributed by atoms with Gasteiger partial charge in [-0.2, -0.15) is 0 Å². The van der Waals surface area contributed by atoms with Gasteiger partial charge in [0.05, 0.1) is 0 Å². The van der Waals surface area contributed by atoms with Gasteiger partial charge in [0, 0.05) is 0 Å². The zero-order valence-corrected chi connectivity index (χ0v) is 9.35. The average Bonchev–Trinajstić information content (AvgIpc) is 1.92. The fourth-order valence-electron chi connectivity index (χ4n) is 2.33. The first-order valence-electron chi connectivity index (χ1n) is 5.41. The van der Waals surface area contributed by atoms with Crippen molar-refractivity contribution >= 4 is 0 Å². The first kappa shape index (κ1) is 10.1. The molecule has 0 radical (unpaired) electrons. The summed E-state index contributed by atoms with van der Waals surface area (Å²) in [7, 11) is 0. The second-order valence-corrected chi connectivity index (χ2v) is 5.83. The summed E-state index contributed by atoms with van der Waals surface area (Å²) in [6, 6.07) is 0. The molecule has 0 spiro atoms. The van der Waals surface area contributed by atoms with Gasteiger partial charge in [0.1, 0.15) is 0 Å². The normalized spacial score (nSPS) is 38.2. The number of hydrogen-bond donors (Lipinski definition) is 0. The second kappa shape index (κ2) is 3.40. The molecule has 0 aromatic rings. The topological polar surface area (TPSA) is 0 Å². The van der Waals surface area contributed by atoms with Gasteiger partial charge in [0.25, 0.3) is 0 Å². The van der Waals surface area contributed by atoms with Crippen LogP contribution in [0.3, 0.4) is 0 Å². The highest BCUT2D eigenvalue weighted by atomic mass is 14.4. The molecule has 0 heteroatoms. The molecular weight excluding hydrogens is 144 g/mol. The predicted molar refractivity (Wildman–Crippen MR) is 55.1 cm³/mol. The van der Waals surface area contributed by atoms with Gasteiger partial charge in [-0.3, -0.25) is 0 Å². The predicted octanol–water partition coefficient (Wildman–Crippen LogP) is 4.10. The van der Waals surface area contributed by atoms with Crippen LogP contribution in [0.4, 0.5) is 0 Å². The van der Waals surface area contributed by atoms with Crippen molar-refractivity contribution in [3.8, 4) is 0 Å². The summed E-state index contributed by atoms with van der Waals surface area (Å²) in [6.45, 7) is 12.0. The van der Waals surface area contributed by atoms with Gasteiger partial charge >= 0.3 is 0 Å². The average molecular weight is 168 g/mol. The minimum absolute atomic E-state index is 0.536. The lowest BCUT2D eigenvalue weighted by Crippen LogP contribution is -2.29. The lowest BCUT2D eigenvalue weighted by Gasteiger charge is -2.39. The highest BCUT2D eigenvalue weighted by molar-refractivity contribution is 4.82. The van der Waals surface area contributed by atoms with E-state index in [1.165, 1.54) is 19.3 Å². The molecule has 0 aromatic carbocycles. The van der Waals surface area contributed by atoms with E-state index in [1.54, 1.807) is 0 Å². The molecule has 1 aliphatic rings. The van der Waals surface area contributed by atoms with Gasteiger partial charge in [-0.15, -0.1) is 0 Å². The summed E-state index contributed by atoms with van der Waals surface area (Å²) in [6.07, 6.45) is 4.35. The molecule has 0 bridgehead atoms. The first-order valence-corrected chi connectivity index (χ1v) is 5.41. The zero-order chi connectivity index (χ0) is 9.35. The van der Waals surface area contributed by atoms with E-state index in [-0.39, 0.29) is 0 Å². The van der Waals surface area contributed by atoms with E-state index in [1.807, 2.05) is 0 Å². The van der Waals surface area contributed by atoms with Crippen molar-refractivity contribution in [1.29, 1.82) is 0 Å². The summed E-state index contributed by atoms with van der Waals surface area (Å²) >= 11 is 0. The molecule has 0 amide bonds. The molecule has 0 aliphatic heterocycles. The molecule has 3 atom stereocenters. The fraction of sp³-hybridized carbons (Fsp3) is 1.00. The maximum absolute atomic E-state index is 2.42. The Balaban J connectivity index is 2.51. The minimum Gasteiger partial charge on any atom is -0.0623 e. The Morgan fingerprint density at radius 3 is 1.92 bits per heavy atom. The van der Waals surface area contributed by atoms with Gasteiger partial charge in [-0.1, -0.05) is 41.0 Å². The second-order valence-electron chi connectivity index (χ2n) is 5.83. The maximum Gasteiger partial charge on any atom is -0.0354 e. The highest BCUT2D eigenvalue weighted by Gasteiger charge is 2.31. The van der Waals surface area contributed by atoms with Crippen LogP contribution in [0.2, 0.25) is 0 Å². The van der Waals surface area contributed by atoms with E-state index >= 15 is 0 Å². The lowest BCUT2D eigenvalue weighted by atomic mass is 9.66. The van der Waals surface area contributed by atoms with E-state index in [9.17, 15) is 0 Å². The van der Waals surface area contributed by atoms with Gasteiger partial charge in [-0.05, 0) is 36.0 Å². The summed E-state index contributed by atoms with van der Waals surface area (Å²) in [5, 5.41) is 0. The van der Waals surface area contributed by atoms with Crippen LogP contribution in [0.25, 0.3) is 0 Å². The first-order chi connectivity index (χ1) is 5.41. The largest absolute Gasteiger partial charge is 0.0623 e. The smallest absolute Gasteiger partial charge is 0.0354 e. The molecule has 12 heavy (non-hydrogen) atoms. The molecule has 1 fully saturated rings. The van der Waals surface area contributed by atoms with E-state index in [0.29, 0.717) is 5.41 Å². The van der Waals surface area contributed by atoms with Crippen LogP contribution < -0.4 is 0 Å². The number of rotatable bonds is 0. The van der Waals surface area contributed by atoms with Crippen molar-refractivity contribution in [2.24, 2.45) is 23.2 Å². The SMILES string of the molecule is CC1CCC(C(C)(C)C)CC1C. The maximum atomic E-state index is 2.42. The fourth-order valence-corrected chi connectivity index (χ4v) is 2.33. The third-order valence-electron chi connectivity index (χ3n) is 3.82. The van der Waals surface area contributed by atoms with Gasteiger partial charge < -0.3 is 0 Å². The Kier molecular flexibility index (Phi) is 2.85. The van der Waals surface area contributed by atoms with Crippen LogP contribution in [0.15, 0.2) is 0 Å². The van der Waals surface area contributed by atoms with Crippen LogP contribution >= 0.6 is 0 Å². The Bertz CT molecular complexity index is 141. The molecular formula is C12H24. The van der Waals surface area contributed by atoms with E-state index in [4.69, 9.17) is 0 Å². The highest BCUT2D eigenvalue weighted by Crippen LogP contribution is 2.42. The van der Waals surface area contributed by atoms with Gasteiger partial charge in [-0.25, -0.2) is 0 Å². The van der Waals surface area contributed by atoms with Crippen LogP contribution in [0, 0.1) is 23.2 Å². The van der Waals surface area contributed by atoms with Crippen molar-refractivity contribution in [2.45, 2.75) is 53.9 Å². The van der Waals surface area contributed by atoms with Gasteiger partial charge in [0.15, 0.2) is 0 Å². The Morgan fingerprint density at radius 1 is 0.917 bits per heavy atom.